The normalized spacial score (nSPS) is 22.3. The molecule has 29 heavy (non-hydrogen) atoms. The molecule has 1 amide bonds. The van der Waals surface area contributed by atoms with Crippen LogP contribution in [-0.4, -0.2) is 21.1 Å². The van der Waals surface area contributed by atoms with Gasteiger partial charge < -0.3 is 5.32 Å². The zero-order chi connectivity index (χ0) is 19.4. The van der Waals surface area contributed by atoms with E-state index in [-0.39, 0.29) is 11.8 Å². The number of carbonyl (C=O) groups is 1. The first-order valence-electron chi connectivity index (χ1n) is 9.73. The zero-order valence-corrected chi connectivity index (χ0v) is 15.6. The molecule has 6 rings (SSSR count). The third kappa shape index (κ3) is 2.37. The molecule has 2 aliphatic rings. The zero-order valence-electron chi connectivity index (χ0n) is 15.6. The van der Waals surface area contributed by atoms with Crippen molar-refractivity contribution < 1.29 is 4.79 Å². The number of nitrogens with zero attached hydrogens (tertiary/aromatic N) is 2. The lowest BCUT2D eigenvalue weighted by Gasteiger charge is -2.08. The van der Waals surface area contributed by atoms with Crippen molar-refractivity contribution in [2.24, 2.45) is 0 Å². The van der Waals surface area contributed by atoms with Gasteiger partial charge in [0.15, 0.2) is 0 Å². The number of H-pyrrole nitrogens is 1. The van der Waals surface area contributed by atoms with Crippen molar-refractivity contribution in [1.82, 2.24) is 15.2 Å². The minimum absolute atomic E-state index is 0.119. The molecule has 2 atom stereocenters. The van der Waals surface area contributed by atoms with Crippen LogP contribution >= 0.6 is 0 Å². The molecule has 0 bridgehead atoms. The van der Waals surface area contributed by atoms with Crippen molar-refractivity contribution >= 4 is 34.6 Å². The van der Waals surface area contributed by atoms with Crippen molar-refractivity contribution in [3.63, 3.8) is 0 Å². The summed E-state index contributed by atoms with van der Waals surface area (Å²) >= 11 is 0. The fraction of sp³-hybridized carbons (Fsp3) is 0.125. The van der Waals surface area contributed by atoms with Crippen molar-refractivity contribution in [1.29, 1.82) is 0 Å². The van der Waals surface area contributed by atoms with E-state index in [2.05, 4.69) is 44.8 Å². The number of rotatable bonds is 3. The summed E-state index contributed by atoms with van der Waals surface area (Å²) in [5.74, 6) is 0.321. The second-order valence-electron chi connectivity index (χ2n) is 7.76. The fourth-order valence-corrected chi connectivity index (χ4v) is 4.60. The quantitative estimate of drug-likeness (QED) is 0.551. The first-order valence-corrected chi connectivity index (χ1v) is 9.73. The predicted molar refractivity (Wildman–Crippen MR) is 113 cm³/mol. The van der Waals surface area contributed by atoms with Gasteiger partial charge in [-0.2, -0.15) is 5.10 Å². The summed E-state index contributed by atoms with van der Waals surface area (Å²) in [6.45, 7) is 0. The lowest BCUT2D eigenvalue weighted by Crippen LogP contribution is -2.20. The number of pyridine rings is 1. The van der Waals surface area contributed by atoms with Gasteiger partial charge in [-0.15, -0.1) is 0 Å². The molecule has 1 aliphatic heterocycles. The number of aromatic nitrogens is 3. The number of hydrogen-bond acceptors (Lipinski definition) is 3. The summed E-state index contributed by atoms with van der Waals surface area (Å²) in [6.07, 6.45) is 8.43. The van der Waals surface area contributed by atoms with Crippen LogP contribution in [0.25, 0.3) is 23.1 Å². The van der Waals surface area contributed by atoms with Gasteiger partial charge in [-0.25, -0.2) is 0 Å². The molecule has 4 aromatic rings. The molecule has 1 spiro atoms. The number of anilines is 1. The average Bonchev–Trinajstić information content (AvgIpc) is 3.29. The summed E-state index contributed by atoms with van der Waals surface area (Å²) in [5.41, 5.74) is 5.76. The van der Waals surface area contributed by atoms with Gasteiger partial charge in [0.1, 0.15) is 0 Å². The fourth-order valence-electron chi connectivity index (χ4n) is 4.60. The van der Waals surface area contributed by atoms with E-state index in [0.717, 1.165) is 39.8 Å². The number of para-hydroxylation sites is 1. The monoisotopic (exact) mass is 378 g/mol. The maximum Gasteiger partial charge on any atom is 0.235 e. The smallest absolute Gasteiger partial charge is 0.235 e. The Kier molecular flexibility index (Phi) is 3.29. The van der Waals surface area contributed by atoms with E-state index in [4.69, 9.17) is 0 Å². The molecule has 1 aliphatic carbocycles. The third-order valence-electron chi connectivity index (χ3n) is 6.16. The van der Waals surface area contributed by atoms with Gasteiger partial charge in [0.25, 0.3) is 0 Å². The highest BCUT2D eigenvalue weighted by Crippen LogP contribution is 2.64. The molecular formula is C24H18N4O. The van der Waals surface area contributed by atoms with Crippen LogP contribution in [0.2, 0.25) is 0 Å². The van der Waals surface area contributed by atoms with Crippen LogP contribution < -0.4 is 5.32 Å². The number of aromatic amines is 1. The Morgan fingerprint density at radius 1 is 1.07 bits per heavy atom. The molecule has 5 heteroatoms. The van der Waals surface area contributed by atoms with Crippen LogP contribution in [0.4, 0.5) is 5.69 Å². The Bertz CT molecular complexity index is 1290. The molecule has 5 nitrogen and oxygen atoms in total. The van der Waals surface area contributed by atoms with Gasteiger partial charge in [-0.3, -0.25) is 14.9 Å². The number of amides is 1. The van der Waals surface area contributed by atoms with Crippen LogP contribution in [0.5, 0.6) is 0 Å². The van der Waals surface area contributed by atoms with Crippen molar-refractivity contribution in [3.05, 3.63) is 89.4 Å². The van der Waals surface area contributed by atoms with Crippen LogP contribution in [0.15, 0.2) is 67.0 Å². The SMILES string of the molecule is O=C1Nc2ccccc2C12CC2c1ccc2c(/C=C/c3cccnc3)n[nH]c2c1. The van der Waals surface area contributed by atoms with Gasteiger partial charge in [0.05, 0.1) is 16.6 Å². The molecule has 140 valence electrons. The van der Waals surface area contributed by atoms with Crippen LogP contribution in [0.3, 0.4) is 0 Å². The molecular weight excluding hydrogens is 360 g/mol. The molecule has 2 aromatic heterocycles. The van der Waals surface area contributed by atoms with Crippen molar-refractivity contribution in [3.8, 4) is 0 Å². The summed E-state index contributed by atoms with van der Waals surface area (Å²) < 4.78 is 0. The third-order valence-corrected chi connectivity index (χ3v) is 6.16. The Morgan fingerprint density at radius 3 is 2.90 bits per heavy atom. The summed E-state index contributed by atoms with van der Waals surface area (Å²) in [6, 6.07) is 18.3. The van der Waals surface area contributed by atoms with Crippen LogP contribution in [0, 0.1) is 0 Å². The highest BCUT2D eigenvalue weighted by atomic mass is 16.2. The van der Waals surface area contributed by atoms with E-state index in [1.165, 1.54) is 5.56 Å². The topological polar surface area (TPSA) is 70.7 Å². The lowest BCUT2D eigenvalue weighted by molar-refractivity contribution is -0.118. The first-order chi connectivity index (χ1) is 14.3. The van der Waals surface area contributed by atoms with Gasteiger partial charge in [0, 0.05) is 29.4 Å². The molecule has 1 saturated carbocycles. The molecule has 0 saturated heterocycles. The molecule has 3 heterocycles. The van der Waals surface area contributed by atoms with Crippen molar-refractivity contribution in [2.45, 2.75) is 17.8 Å². The second kappa shape index (κ2) is 5.88. The van der Waals surface area contributed by atoms with E-state index in [0.29, 0.717) is 0 Å². The standard InChI is InChI=1S/C24H18N4O/c29-23-24(18-5-1-2-6-21(18)26-23)13-19(24)16-8-9-17-20(27-28-22(17)12-16)10-7-15-4-3-11-25-14-15/h1-12,14,19H,13H2,(H,26,29)(H,27,28)/b10-7+. The van der Waals surface area contributed by atoms with E-state index in [1.54, 1.807) is 6.20 Å². The maximum atomic E-state index is 12.7. The van der Waals surface area contributed by atoms with Crippen LogP contribution in [-0.2, 0) is 10.2 Å². The predicted octanol–water partition coefficient (Wildman–Crippen LogP) is 4.51. The van der Waals surface area contributed by atoms with E-state index >= 15 is 0 Å². The Labute approximate surface area is 167 Å². The van der Waals surface area contributed by atoms with Gasteiger partial charge >= 0.3 is 0 Å². The number of benzene rings is 2. The summed E-state index contributed by atoms with van der Waals surface area (Å²) in [5, 5.41) is 11.7. The molecule has 2 unspecified atom stereocenters. The second-order valence-corrected chi connectivity index (χ2v) is 7.76. The van der Waals surface area contributed by atoms with E-state index < -0.39 is 5.41 Å². The summed E-state index contributed by atoms with van der Waals surface area (Å²) in [4.78, 5) is 16.9. The minimum Gasteiger partial charge on any atom is -0.325 e. The molecule has 2 aromatic carbocycles. The number of carbonyl (C=O) groups excluding carboxylic acids is 1. The lowest BCUT2D eigenvalue weighted by atomic mass is 9.92. The van der Waals surface area contributed by atoms with Crippen LogP contribution in [0.1, 0.15) is 34.7 Å². The van der Waals surface area contributed by atoms with Crippen molar-refractivity contribution in [2.75, 3.05) is 5.32 Å². The number of hydrogen-bond donors (Lipinski definition) is 2. The average molecular weight is 378 g/mol. The minimum atomic E-state index is -0.409. The Hall–Kier alpha value is -3.73. The first kappa shape index (κ1) is 16.2. The highest BCUT2D eigenvalue weighted by Gasteiger charge is 2.65. The van der Waals surface area contributed by atoms with E-state index in [1.807, 2.05) is 48.7 Å². The molecule has 2 N–H and O–H groups in total. The Morgan fingerprint density at radius 2 is 2.00 bits per heavy atom. The van der Waals surface area contributed by atoms with Gasteiger partial charge in [-0.05, 0) is 47.4 Å². The maximum absolute atomic E-state index is 12.7. The summed E-state index contributed by atoms with van der Waals surface area (Å²) in [7, 11) is 0. The largest absolute Gasteiger partial charge is 0.325 e. The molecule has 0 radical (unpaired) electrons. The number of fused-ring (bicyclic) bond motifs is 3. The Balaban J connectivity index is 1.33. The van der Waals surface area contributed by atoms with Gasteiger partial charge in [-0.1, -0.05) is 42.5 Å². The highest BCUT2D eigenvalue weighted by molar-refractivity contribution is 6.09. The van der Waals surface area contributed by atoms with E-state index in [9.17, 15) is 4.79 Å². The molecule has 1 fully saturated rings. The van der Waals surface area contributed by atoms with Gasteiger partial charge in [0.2, 0.25) is 5.91 Å². The number of nitrogens with one attached hydrogen (secondary N) is 2.